The Kier molecular flexibility index (Phi) is 6.28. The number of methoxy groups -OCH3 is 2. The zero-order valence-corrected chi connectivity index (χ0v) is 19.0. The number of hydrogen-bond donors (Lipinski definition) is 1. The van der Waals surface area contributed by atoms with E-state index >= 15 is 0 Å². The summed E-state index contributed by atoms with van der Waals surface area (Å²) in [6.45, 7) is 7.81. The number of carbonyl (C=O) groups is 1. The number of aryl methyl sites for hydroxylation is 1. The van der Waals surface area contributed by atoms with Crippen LogP contribution < -0.4 is 14.8 Å². The number of hydrogen-bond acceptors (Lipinski definition) is 8. The lowest BCUT2D eigenvalue weighted by molar-refractivity contribution is -0.119. The Balaban J connectivity index is 1.95. The van der Waals surface area contributed by atoms with Crippen molar-refractivity contribution in [2.45, 2.75) is 38.3 Å². The van der Waals surface area contributed by atoms with Crippen molar-refractivity contribution in [2.24, 2.45) is 0 Å². The minimum atomic E-state index is -0.271. The number of nitrogens with one attached hydrogen (secondary N) is 1. The molecule has 0 bridgehead atoms. The van der Waals surface area contributed by atoms with Gasteiger partial charge in [0.2, 0.25) is 5.91 Å². The average molecular weight is 433 g/mol. The van der Waals surface area contributed by atoms with Crippen LogP contribution in [0.1, 0.15) is 25.8 Å². The van der Waals surface area contributed by atoms with Gasteiger partial charge in [-0.1, -0.05) is 11.8 Å². The second-order valence-electron chi connectivity index (χ2n) is 7.42. The number of benzene rings is 1. The van der Waals surface area contributed by atoms with Crippen molar-refractivity contribution >= 4 is 39.2 Å². The SMILES string of the molecule is COc1ccc(-c2nnc(SCC(=O)NC(C)(C)C)c3nc(C)sc23)cc1OC. The fourth-order valence-corrected chi connectivity index (χ4v) is 4.49. The third-order valence-electron chi connectivity index (χ3n) is 3.90. The van der Waals surface area contributed by atoms with E-state index in [1.807, 2.05) is 45.9 Å². The number of rotatable bonds is 6. The summed E-state index contributed by atoms with van der Waals surface area (Å²) in [4.78, 5) is 16.8. The van der Waals surface area contributed by atoms with Crippen molar-refractivity contribution in [3.8, 4) is 22.8 Å². The molecule has 3 rings (SSSR count). The van der Waals surface area contributed by atoms with Crippen LogP contribution in [0.3, 0.4) is 0 Å². The van der Waals surface area contributed by atoms with Gasteiger partial charge in [0, 0.05) is 11.1 Å². The van der Waals surface area contributed by atoms with Gasteiger partial charge in [0.05, 0.1) is 29.7 Å². The van der Waals surface area contributed by atoms with Gasteiger partial charge in [-0.2, -0.15) is 0 Å². The normalized spacial score (nSPS) is 11.5. The minimum absolute atomic E-state index is 0.0478. The molecule has 0 aliphatic carbocycles. The molecule has 2 aromatic heterocycles. The predicted molar refractivity (Wildman–Crippen MR) is 117 cm³/mol. The maximum atomic E-state index is 12.2. The van der Waals surface area contributed by atoms with Gasteiger partial charge in [-0.15, -0.1) is 21.5 Å². The molecule has 0 unspecified atom stereocenters. The molecule has 154 valence electrons. The first-order valence-corrected chi connectivity index (χ1v) is 10.8. The second-order valence-corrected chi connectivity index (χ2v) is 9.59. The number of fused-ring (bicyclic) bond motifs is 1. The van der Waals surface area contributed by atoms with Gasteiger partial charge in [0.1, 0.15) is 16.2 Å². The zero-order valence-electron chi connectivity index (χ0n) is 17.3. The third kappa shape index (κ3) is 4.97. The quantitative estimate of drug-likeness (QED) is 0.587. The number of aromatic nitrogens is 3. The highest BCUT2D eigenvalue weighted by Crippen LogP contribution is 2.38. The molecule has 0 saturated heterocycles. The van der Waals surface area contributed by atoms with Crippen molar-refractivity contribution in [3.05, 3.63) is 23.2 Å². The topological polar surface area (TPSA) is 86.2 Å². The Morgan fingerprint density at radius 3 is 2.55 bits per heavy atom. The van der Waals surface area contributed by atoms with Crippen LogP contribution >= 0.6 is 23.1 Å². The zero-order chi connectivity index (χ0) is 21.2. The molecule has 9 heteroatoms. The molecule has 29 heavy (non-hydrogen) atoms. The van der Waals surface area contributed by atoms with Gasteiger partial charge < -0.3 is 14.8 Å². The number of thioether (sulfide) groups is 1. The van der Waals surface area contributed by atoms with Gasteiger partial charge in [-0.25, -0.2) is 4.98 Å². The highest BCUT2D eigenvalue weighted by Gasteiger charge is 2.19. The van der Waals surface area contributed by atoms with Crippen molar-refractivity contribution < 1.29 is 14.3 Å². The van der Waals surface area contributed by atoms with Crippen molar-refractivity contribution in [3.63, 3.8) is 0 Å². The van der Waals surface area contributed by atoms with E-state index in [4.69, 9.17) is 9.47 Å². The molecular weight excluding hydrogens is 408 g/mol. The molecule has 0 aliphatic rings. The lowest BCUT2D eigenvalue weighted by atomic mass is 10.1. The maximum Gasteiger partial charge on any atom is 0.230 e. The molecule has 0 spiro atoms. The molecule has 0 aliphatic heterocycles. The summed E-state index contributed by atoms with van der Waals surface area (Å²) in [6, 6.07) is 5.64. The predicted octanol–water partition coefficient (Wildman–Crippen LogP) is 4.09. The Morgan fingerprint density at radius 2 is 1.90 bits per heavy atom. The smallest absolute Gasteiger partial charge is 0.230 e. The van der Waals surface area contributed by atoms with E-state index in [1.165, 1.54) is 11.8 Å². The van der Waals surface area contributed by atoms with Crippen LogP contribution in [0.2, 0.25) is 0 Å². The summed E-state index contributed by atoms with van der Waals surface area (Å²) in [5, 5.41) is 13.3. The minimum Gasteiger partial charge on any atom is -0.493 e. The van der Waals surface area contributed by atoms with E-state index in [1.54, 1.807) is 25.6 Å². The largest absolute Gasteiger partial charge is 0.493 e. The van der Waals surface area contributed by atoms with Crippen molar-refractivity contribution in [1.82, 2.24) is 20.5 Å². The fourth-order valence-electron chi connectivity index (χ4n) is 2.78. The molecule has 0 fully saturated rings. The van der Waals surface area contributed by atoms with Gasteiger partial charge in [-0.3, -0.25) is 4.79 Å². The standard InChI is InChI=1S/C20H24N4O3S2/c1-11-21-17-18(29-11)16(12-7-8-13(26-5)14(9-12)27-6)23-24-19(17)28-10-15(25)22-20(2,3)4/h7-9H,10H2,1-6H3,(H,22,25). The van der Waals surface area contributed by atoms with E-state index in [0.29, 0.717) is 16.5 Å². The monoisotopic (exact) mass is 432 g/mol. The van der Waals surface area contributed by atoms with Crippen LogP contribution in [0, 0.1) is 6.92 Å². The van der Waals surface area contributed by atoms with E-state index in [-0.39, 0.29) is 17.2 Å². The first-order chi connectivity index (χ1) is 13.7. The van der Waals surface area contributed by atoms with Crippen LogP contribution in [0.4, 0.5) is 0 Å². The summed E-state index contributed by atoms with van der Waals surface area (Å²) in [5.41, 5.74) is 2.09. The molecule has 0 saturated carbocycles. The molecule has 0 atom stereocenters. The molecule has 1 N–H and O–H groups in total. The summed E-state index contributed by atoms with van der Waals surface area (Å²) in [6.07, 6.45) is 0. The summed E-state index contributed by atoms with van der Waals surface area (Å²) in [7, 11) is 3.20. The highest BCUT2D eigenvalue weighted by atomic mass is 32.2. The Morgan fingerprint density at radius 1 is 1.17 bits per heavy atom. The first kappa shape index (κ1) is 21.3. The number of amides is 1. The molecule has 2 heterocycles. The number of nitrogens with zero attached hydrogens (tertiary/aromatic N) is 3. The van der Waals surface area contributed by atoms with Gasteiger partial charge >= 0.3 is 0 Å². The maximum absolute atomic E-state index is 12.2. The number of ether oxygens (including phenoxy) is 2. The van der Waals surface area contributed by atoms with Crippen LogP contribution in [-0.4, -0.2) is 46.6 Å². The van der Waals surface area contributed by atoms with Gasteiger partial charge in [-0.05, 0) is 45.9 Å². The van der Waals surface area contributed by atoms with Crippen molar-refractivity contribution in [1.29, 1.82) is 0 Å². The second kappa shape index (κ2) is 8.54. The molecule has 1 aromatic carbocycles. The number of carbonyl (C=O) groups excluding carboxylic acids is 1. The van der Waals surface area contributed by atoms with Crippen LogP contribution in [-0.2, 0) is 4.79 Å². The molecule has 3 aromatic rings. The van der Waals surface area contributed by atoms with Crippen LogP contribution in [0.25, 0.3) is 21.5 Å². The lowest BCUT2D eigenvalue weighted by Gasteiger charge is -2.20. The highest BCUT2D eigenvalue weighted by molar-refractivity contribution is 8.00. The van der Waals surface area contributed by atoms with E-state index in [2.05, 4.69) is 20.5 Å². The Labute approximate surface area is 178 Å². The molecule has 0 radical (unpaired) electrons. The third-order valence-corrected chi connectivity index (χ3v) is 5.84. The van der Waals surface area contributed by atoms with Crippen LogP contribution in [0.5, 0.6) is 11.5 Å². The molecule has 7 nitrogen and oxygen atoms in total. The average Bonchev–Trinajstić information content (AvgIpc) is 3.05. The van der Waals surface area contributed by atoms with Gasteiger partial charge in [0.15, 0.2) is 11.5 Å². The van der Waals surface area contributed by atoms with E-state index < -0.39 is 0 Å². The fraction of sp³-hybridized carbons (Fsp3) is 0.400. The summed E-state index contributed by atoms with van der Waals surface area (Å²) in [5.74, 6) is 1.48. The number of thiazole rings is 1. The Bertz CT molecular complexity index is 1040. The first-order valence-electron chi connectivity index (χ1n) is 9.02. The molecule has 1 amide bonds. The summed E-state index contributed by atoms with van der Waals surface area (Å²) < 4.78 is 11.7. The Hall–Kier alpha value is -2.39. The summed E-state index contributed by atoms with van der Waals surface area (Å²) >= 11 is 2.90. The van der Waals surface area contributed by atoms with Crippen molar-refractivity contribution in [2.75, 3.05) is 20.0 Å². The van der Waals surface area contributed by atoms with Gasteiger partial charge in [0.25, 0.3) is 0 Å². The molecular formula is C20H24N4O3S2. The lowest BCUT2D eigenvalue weighted by Crippen LogP contribution is -2.41. The van der Waals surface area contributed by atoms with E-state index in [0.717, 1.165) is 26.5 Å². The van der Waals surface area contributed by atoms with Crippen LogP contribution in [0.15, 0.2) is 23.2 Å². The van der Waals surface area contributed by atoms with E-state index in [9.17, 15) is 4.79 Å².